The van der Waals surface area contributed by atoms with Crippen molar-refractivity contribution in [1.82, 2.24) is 10.4 Å². The van der Waals surface area contributed by atoms with E-state index >= 15 is 0 Å². The van der Waals surface area contributed by atoms with Gasteiger partial charge < -0.3 is 4.74 Å². The lowest BCUT2D eigenvalue weighted by atomic mass is 9.81. The molecule has 112 valence electrons. The highest BCUT2D eigenvalue weighted by atomic mass is 19.1. The van der Waals surface area contributed by atoms with E-state index in [0.29, 0.717) is 24.6 Å². The first-order valence-corrected chi connectivity index (χ1v) is 7.30. The lowest BCUT2D eigenvalue weighted by molar-refractivity contribution is -0.150. The van der Waals surface area contributed by atoms with Crippen LogP contribution in [-0.2, 0) is 17.7 Å². The number of amides is 1. The number of hydroxylamine groups is 1. The maximum absolute atomic E-state index is 14.3. The summed E-state index contributed by atoms with van der Waals surface area (Å²) in [6, 6.07) is 3.54. The predicted octanol–water partition coefficient (Wildman–Crippen LogP) is 1.23. The number of nitrogens with one attached hydrogen (secondary N) is 1. The third kappa shape index (κ3) is 1.97. The van der Waals surface area contributed by atoms with Gasteiger partial charge in [0.05, 0.1) is 12.7 Å². The molecule has 1 amide bonds. The molecule has 3 fully saturated rings. The van der Waals surface area contributed by atoms with Gasteiger partial charge in [-0.2, -0.15) is 0 Å². The standard InChI is InChI=1S/C15H17FN2O3/c16-12-4-9(15(19)17-20)3-8-5-13-14-2-1-10(7-21-14)18(13)6-11(8)12/h3-4,10,13-14,20H,1-2,5-7H2,(H,17,19)/t10-,13?,14-/m0/s1. The lowest BCUT2D eigenvalue weighted by Crippen LogP contribution is -2.62. The first kappa shape index (κ1) is 13.2. The third-order valence-electron chi connectivity index (χ3n) is 5.03. The van der Waals surface area contributed by atoms with Crippen LogP contribution in [-0.4, -0.2) is 40.8 Å². The molecule has 6 heteroatoms. The zero-order valence-electron chi connectivity index (χ0n) is 11.5. The maximum atomic E-state index is 14.3. The minimum Gasteiger partial charge on any atom is -0.375 e. The van der Waals surface area contributed by atoms with Gasteiger partial charge in [-0.1, -0.05) is 0 Å². The molecular weight excluding hydrogens is 275 g/mol. The van der Waals surface area contributed by atoms with E-state index in [1.165, 1.54) is 6.07 Å². The molecule has 4 aliphatic heterocycles. The Kier molecular flexibility index (Phi) is 2.99. The number of morpholine rings is 1. The van der Waals surface area contributed by atoms with Crippen LogP contribution in [0.5, 0.6) is 0 Å². The summed E-state index contributed by atoms with van der Waals surface area (Å²) in [5.41, 5.74) is 3.24. The third-order valence-corrected chi connectivity index (χ3v) is 5.03. The van der Waals surface area contributed by atoms with Crippen LogP contribution in [0.3, 0.4) is 0 Å². The highest BCUT2D eigenvalue weighted by molar-refractivity contribution is 5.93. The van der Waals surface area contributed by atoms with E-state index in [1.807, 2.05) is 0 Å². The zero-order valence-corrected chi connectivity index (χ0v) is 11.5. The molecule has 1 unspecified atom stereocenters. The maximum Gasteiger partial charge on any atom is 0.274 e. The van der Waals surface area contributed by atoms with Crippen LogP contribution in [0.25, 0.3) is 0 Å². The Balaban J connectivity index is 1.72. The largest absolute Gasteiger partial charge is 0.375 e. The molecule has 3 atom stereocenters. The number of piperidine rings is 1. The van der Waals surface area contributed by atoms with Crippen LogP contribution >= 0.6 is 0 Å². The zero-order chi connectivity index (χ0) is 14.6. The molecule has 0 aromatic heterocycles. The molecule has 5 rings (SSSR count). The first-order valence-electron chi connectivity index (χ1n) is 7.30. The summed E-state index contributed by atoms with van der Waals surface area (Å²) in [5, 5.41) is 8.71. The van der Waals surface area contributed by atoms with E-state index in [1.54, 1.807) is 11.5 Å². The quantitative estimate of drug-likeness (QED) is 0.604. The number of hydrogen-bond donors (Lipinski definition) is 2. The topological polar surface area (TPSA) is 61.8 Å². The van der Waals surface area contributed by atoms with Crippen molar-refractivity contribution in [2.45, 2.75) is 44.0 Å². The summed E-state index contributed by atoms with van der Waals surface area (Å²) in [4.78, 5) is 13.9. The van der Waals surface area contributed by atoms with Crippen molar-refractivity contribution in [2.75, 3.05) is 6.61 Å². The smallest absolute Gasteiger partial charge is 0.274 e. The van der Waals surface area contributed by atoms with E-state index < -0.39 is 5.91 Å². The normalized spacial score (nSPS) is 30.7. The van der Waals surface area contributed by atoms with Gasteiger partial charge in [0.15, 0.2) is 0 Å². The molecule has 0 saturated carbocycles. The minimum atomic E-state index is -0.680. The highest BCUT2D eigenvalue weighted by Gasteiger charge is 2.45. The van der Waals surface area contributed by atoms with Gasteiger partial charge in [0.1, 0.15) is 5.82 Å². The molecule has 0 radical (unpaired) electrons. The molecule has 1 aromatic carbocycles. The van der Waals surface area contributed by atoms with Crippen molar-refractivity contribution < 1.29 is 19.1 Å². The average Bonchev–Trinajstić information content (AvgIpc) is 2.53. The number of nitrogens with zero attached hydrogens (tertiary/aromatic N) is 1. The second kappa shape index (κ2) is 4.76. The summed E-state index contributed by atoms with van der Waals surface area (Å²) < 4.78 is 20.1. The van der Waals surface area contributed by atoms with Gasteiger partial charge in [0.25, 0.3) is 5.91 Å². The lowest BCUT2D eigenvalue weighted by Gasteiger charge is -2.53. The number of carbonyl (C=O) groups excluding carboxylic acids is 1. The number of halogens is 1. The van der Waals surface area contributed by atoms with Crippen molar-refractivity contribution in [3.05, 3.63) is 34.6 Å². The van der Waals surface area contributed by atoms with E-state index in [9.17, 15) is 9.18 Å². The van der Waals surface area contributed by atoms with Crippen LogP contribution in [0, 0.1) is 5.82 Å². The summed E-state index contributed by atoms with van der Waals surface area (Å²) in [6.45, 7) is 1.32. The molecule has 1 aromatic rings. The Bertz CT molecular complexity index is 599. The van der Waals surface area contributed by atoms with E-state index in [-0.39, 0.29) is 23.5 Å². The van der Waals surface area contributed by atoms with E-state index in [0.717, 1.165) is 25.0 Å². The first-order chi connectivity index (χ1) is 10.2. The van der Waals surface area contributed by atoms with Crippen LogP contribution in [0.1, 0.15) is 34.3 Å². The van der Waals surface area contributed by atoms with Crippen LogP contribution < -0.4 is 5.48 Å². The monoisotopic (exact) mass is 292 g/mol. The molecule has 3 saturated heterocycles. The van der Waals surface area contributed by atoms with Crippen molar-refractivity contribution >= 4 is 5.91 Å². The second-order valence-corrected chi connectivity index (χ2v) is 6.08. The molecule has 4 heterocycles. The highest BCUT2D eigenvalue weighted by Crippen LogP contribution is 2.38. The number of rotatable bonds is 1. The van der Waals surface area contributed by atoms with Crippen molar-refractivity contribution in [3.8, 4) is 0 Å². The number of fused-ring (bicyclic) bond motifs is 3. The Morgan fingerprint density at radius 3 is 3.00 bits per heavy atom. The van der Waals surface area contributed by atoms with E-state index in [4.69, 9.17) is 9.94 Å². The average molecular weight is 292 g/mol. The summed E-state index contributed by atoms with van der Waals surface area (Å²) in [6.07, 6.45) is 3.07. The van der Waals surface area contributed by atoms with Gasteiger partial charge in [-0.3, -0.25) is 14.9 Å². The van der Waals surface area contributed by atoms with Gasteiger partial charge in [-0.25, -0.2) is 9.87 Å². The minimum absolute atomic E-state index is 0.157. The molecule has 4 aliphatic rings. The fraction of sp³-hybridized carbons (Fsp3) is 0.533. The number of carbonyl (C=O) groups is 1. The summed E-state index contributed by atoms with van der Waals surface area (Å²) in [5.74, 6) is -1.05. The molecule has 0 aliphatic carbocycles. The Hall–Kier alpha value is -1.50. The van der Waals surface area contributed by atoms with Crippen LogP contribution in [0.15, 0.2) is 12.1 Å². The van der Waals surface area contributed by atoms with Gasteiger partial charge in [0.2, 0.25) is 0 Å². The van der Waals surface area contributed by atoms with Gasteiger partial charge in [0, 0.05) is 29.8 Å². The fourth-order valence-electron chi connectivity index (χ4n) is 3.96. The molecule has 2 N–H and O–H groups in total. The van der Waals surface area contributed by atoms with Gasteiger partial charge in [-0.05, 0) is 37.0 Å². The number of hydrogen-bond acceptors (Lipinski definition) is 4. The Labute approximate surface area is 121 Å². The fourth-order valence-corrected chi connectivity index (χ4v) is 3.96. The Morgan fingerprint density at radius 2 is 2.29 bits per heavy atom. The van der Waals surface area contributed by atoms with Crippen molar-refractivity contribution in [1.29, 1.82) is 0 Å². The van der Waals surface area contributed by atoms with Crippen molar-refractivity contribution in [3.63, 3.8) is 0 Å². The van der Waals surface area contributed by atoms with Gasteiger partial charge in [-0.15, -0.1) is 0 Å². The number of ether oxygens (including phenoxy) is 1. The second-order valence-electron chi connectivity index (χ2n) is 6.08. The molecule has 0 spiro atoms. The molecular formula is C15H17FN2O3. The Morgan fingerprint density at radius 1 is 1.43 bits per heavy atom. The van der Waals surface area contributed by atoms with Gasteiger partial charge >= 0.3 is 0 Å². The van der Waals surface area contributed by atoms with Crippen LogP contribution in [0.2, 0.25) is 0 Å². The SMILES string of the molecule is O=C(NO)c1cc(F)c2c(c1)CC1[C@@H]3CC[C@@H](CO3)N1C2. The van der Waals surface area contributed by atoms with Crippen LogP contribution in [0.4, 0.5) is 4.39 Å². The summed E-state index contributed by atoms with van der Waals surface area (Å²) in [7, 11) is 0. The van der Waals surface area contributed by atoms with E-state index in [2.05, 4.69) is 4.90 Å². The molecule has 5 nitrogen and oxygen atoms in total. The predicted molar refractivity (Wildman–Crippen MR) is 71.4 cm³/mol. The molecule has 2 bridgehead atoms. The molecule has 21 heavy (non-hydrogen) atoms. The number of benzene rings is 1. The van der Waals surface area contributed by atoms with Crippen molar-refractivity contribution in [2.24, 2.45) is 0 Å². The summed E-state index contributed by atoms with van der Waals surface area (Å²) >= 11 is 0.